The van der Waals surface area contributed by atoms with Gasteiger partial charge in [0.1, 0.15) is 24.1 Å². The molecule has 0 spiro atoms. The predicted octanol–water partition coefficient (Wildman–Crippen LogP) is 2.48. The summed E-state index contributed by atoms with van der Waals surface area (Å²) in [5.74, 6) is -1.33. The summed E-state index contributed by atoms with van der Waals surface area (Å²) in [6, 6.07) is 0. The third-order valence-corrected chi connectivity index (χ3v) is 13.4. The highest BCUT2D eigenvalue weighted by atomic mass is 32.3. The van der Waals surface area contributed by atoms with E-state index in [1.54, 1.807) is 6.92 Å². The Morgan fingerprint density at radius 1 is 0.936 bits per heavy atom. The maximum atomic E-state index is 12.8. The lowest BCUT2D eigenvalue weighted by atomic mass is 9.43. The first-order valence-electron chi connectivity index (χ1n) is 17.2. The molecule has 14 heteroatoms. The van der Waals surface area contributed by atoms with E-state index in [1.165, 1.54) is 0 Å². The van der Waals surface area contributed by atoms with Gasteiger partial charge in [-0.3, -0.25) is 9.35 Å². The zero-order valence-corrected chi connectivity index (χ0v) is 28.8. The minimum absolute atomic E-state index is 0.0506. The maximum absolute atomic E-state index is 12.8. The Kier molecular flexibility index (Phi) is 10.4. The Morgan fingerprint density at radius 3 is 2.19 bits per heavy atom. The quantitative estimate of drug-likeness (QED) is 0.144. The average molecular weight is 691 g/mol. The smallest absolute Gasteiger partial charge is 0.397 e. The number of fused-ring (bicyclic) bond motifs is 5. The van der Waals surface area contributed by atoms with Crippen LogP contribution >= 0.6 is 0 Å². The summed E-state index contributed by atoms with van der Waals surface area (Å²) in [7, 11) is -4.83. The Hall–Kier alpha value is -1.23. The number of carboxylic acid groups (broad SMARTS) is 1. The molecule has 13 nitrogen and oxygen atoms in total. The van der Waals surface area contributed by atoms with E-state index in [0.29, 0.717) is 25.7 Å². The third-order valence-electron chi connectivity index (χ3n) is 12.9. The largest absolute Gasteiger partial charge is 0.479 e. The summed E-state index contributed by atoms with van der Waals surface area (Å²) >= 11 is 0. The molecular weight excluding hydrogens is 636 g/mol. The number of hydrogen-bond acceptors (Lipinski definition) is 11. The van der Waals surface area contributed by atoms with Crippen LogP contribution in [0.4, 0.5) is 0 Å². The molecule has 47 heavy (non-hydrogen) atoms. The summed E-state index contributed by atoms with van der Waals surface area (Å²) < 4.78 is 51.0. The lowest BCUT2D eigenvalue weighted by molar-refractivity contribution is -0.311. The summed E-state index contributed by atoms with van der Waals surface area (Å²) in [6.45, 7) is 10.1. The van der Waals surface area contributed by atoms with Crippen molar-refractivity contribution in [3.63, 3.8) is 0 Å². The van der Waals surface area contributed by atoms with Crippen LogP contribution in [0, 0.1) is 46.3 Å². The molecule has 0 aromatic rings. The van der Waals surface area contributed by atoms with Gasteiger partial charge in [0, 0.05) is 12.8 Å². The van der Waals surface area contributed by atoms with Crippen molar-refractivity contribution in [1.29, 1.82) is 0 Å². The molecule has 0 aromatic heterocycles. The molecule has 0 radical (unpaired) electrons. The Labute approximate surface area is 277 Å². The van der Waals surface area contributed by atoms with E-state index in [0.717, 1.165) is 25.7 Å². The minimum atomic E-state index is -4.83. The number of carbonyl (C=O) groups excluding carboxylic acids is 1. The first-order valence-corrected chi connectivity index (χ1v) is 18.5. The highest BCUT2D eigenvalue weighted by Gasteiger charge is 2.65. The highest BCUT2D eigenvalue weighted by molar-refractivity contribution is 7.80. The lowest BCUT2D eigenvalue weighted by Crippen LogP contribution is -2.62. The number of hydrogen-bond donors (Lipinski definition) is 6. The van der Waals surface area contributed by atoms with Crippen molar-refractivity contribution in [2.75, 3.05) is 0 Å². The van der Waals surface area contributed by atoms with Gasteiger partial charge in [-0.2, -0.15) is 8.42 Å². The Balaban J connectivity index is 1.37. The fourth-order valence-electron chi connectivity index (χ4n) is 11.0. The van der Waals surface area contributed by atoms with E-state index >= 15 is 0 Å². The molecule has 1 heterocycles. The van der Waals surface area contributed by atoms with E-state index in [2.05, 4.69) is 13.8 Å². The molecule has 15 atom stereocenters. The monoisotopic (exact) mass is 690 g/mol. The predicted molar refractivity (Wildman–Crippen MR) is 166 cm³/mol. The highest BCUT2D eigenvalue weighted by Crippen LogP contribution is 2.69. The summed E-state index contributed by atoms with van der Waals surface area (Å²) in [4.78, 5) is 24.4. The van der Waals surface area contributed by atoms with Gasteiger partial charge in [-0.05, 0) is 105 Å². The summed E-state index contributed by atoms with van der Waals surface area (Å²) in [5.41, 5.74) is -1.84. The number of Topliss-reactive ketones (excluding diaryl/α,β-unsaturated/α-hetero) is 1. The lowest BCUT2D eigenvalue weighted by Gasteiger charge is -2.63. The van der Waals surface area contributed by atoms with E-state index in [-0.39, 0.29) is 59.5 Å². The molecular formula is C33H54O13S. The maximum Gasteiger partial charge on any atom is 0.397 e. The number of rotatable bonds is 10. The van der Waals surface area contributed by atoms with Gasteiger partial charge in [-0.25, -0.2) is 8.98 Å². The minimum Gasteiger partial charge on any atom is -0.479 e. The van der Waals surface area contributed by atoms with Crippen LogP contribution in [0.15, 0.2) is 0 Å². The van der Waals surface area contributed by atoms with Crippen molar-refractivity contribution in [3.05, 3.63) is 0 Å². The van der Waals surface area contributed by atoms with Gasteiger partial charge in [0.15, 0.2) is 12.4 Å². The van der Waals surface area contributed by atoms with Gasteiger partial charge in [-0.15, -0.1) is 0 Å². The van der Waals surface area contributed by atoms with E-state index in [9.17, 15) is 48.1 Å². The number of carbonyl (C=O) groups is 2. The molecule has 11 unspecified atom stereocenters. The van der Waals surface area contributed by atoms with Crippen LogP contribution in [0.25, 0.3) is 0 Å². The van der Waals surface area contributed by atoms with Crippen LogP contribution in [0.2, 0.25) is 0 Å². The van der Waals surface area contributed by atoms with Crippen LogP contribution < -0.4 is 0 Å². The van der Waals surface area contributed by atoms with Crippen LogP contribution in [-0.4, -0.2) is 98.8 Å². The molecule has 4 aliphatic carbocycles. The number of carboxylic acids is 1. The molecule has 0 amide bonds. The number of ketones is 1. The first-order chi connectivity index (χ1) is 21.7. The van der Waals surface area contributed by atoms with E-state index in [4.69, 9.17) is 13.7 Å². The van der Waals surface area contributed by atoms with Gasteiger partial charge in [0.2, 0.25) is 0 Å². The zero-order valence-electron chi connectivity index (χ0n) is 28.0. The molecule has 5 fully saturated rings. The second kappa shape index (κ2) is 13.1. The van der Waals surface area contributed by atoms with Crippen LogP contribution in [0.3, 0.4) is 0 Å². The van der Waals surface area contributed by atoms with Crippen LogP contribution in [-0.2, 0) is 33.6 Å². The van der Waals surface area contributed by atoms with Crippen LogP contribution in [0.5, 0.6) is 0 Å². The number of aliphatic hydroxyl groups is 4. The second-order valence-electron chi connectivity index (χ2n) is 16.4. The molecule has 1 aliphatic heterocycles. The van der Waals surface area contributed by atoms with Gasteiger partial charge < -0.3 is 35.0 Å². The summed E-state index contributed by atoms with van der Waals surface area (Å²) in [5, 5.41) is 52.0. The molecule has 270 valence electrons. The molecule has 6 N–H and O–H groups in total. The molecule has 4 saturated carbocycles. The van der Waals surface area contributed by atoms with Crippen LogP contribution in [0.1, 0.15) is 98.8 Å². The molecule has 0 aromatic carbocycles. The summed E-state index contributed by atoms with van der Waals surface area (Å²) in [6.07, 6.45) is -4.68. The van der Waals surface area contributed by atoms with Crippen molar-refractivity contribution in [3.8, 4) is 0 Å². The number of ether oxygens (including phenoxy) is 2. The van der Waals surface area contributed by atoms with Crippen molar-refractivity contribution in [1.82, 2.24) is 0 Å². The van der Waals surface area contributed by atoms with E-state index < -0.39 is 70.3 Å². The SMILES string of the molecule is CC(C)CC(=O)CC(C)(O)[C@H]1CCC2C3CC(OS(=O)(=O)O)C4C[C@@H](OC5OC(C(=O)O)C(O)C(O)C5O)CC[C@]4(C)C3CC[C@@]21C. The number of aliphatic hydroxyl groups excluding tert-OH is 3. The second-order valence-corrected chi connectivity index (χ2v) is 17.4. The fourth-order valence-corrected chi connectivity index (χ4v) is 11.6. The standard InChI is InChI=1S/C33H54O13S/c1-16(2)12-17(34)15-33(5,40)24-7-6-20-19-14-23(46-47(41,42)43)22-13-18(8-10-31(22,3)21(19)9-11-32(20,24)4)44-30-27(37)25(35)26(36)28(45-30)29(38)39/h16,18-28,30,35-37,40H,6-15H2,1-5H3,(H,38,39)(H,41,42,43)/t18-,19?,20?,21?,22?,23?,24-,25?,26?,27?,28?,30?,31+,32-,33?/m0/s1. The third kappa shape index (κ3) is 7.05. The van der Waals surface area contributed by atoms with Crippen molar-refractivity contribution < 1.29 is 61.7 Å². The Morgan fingerprint density at radius 2 is 1.57 bits per heavy atom. The van der Waals surface area contributed by atoms with Gasteiger partial charge in [0.25, 0.3) is 0 Å². The normalized spacial score (nSPS) is 46.6. The van der Waals surface area contributed by atoms with E-state index in [1.807, 2.05) is 13.8 Å². The molecule has 5 rings (SSSR count). The van der Waals surface area contributed by atoms with Gasteiger partial charge in [-0.1, -0.05) is 27.7 Å². The topological polar surface area (TPSA) is 217 Å². The average Bonchev–Trinajstić information content (AvgIpc) is 3.30. The van der Waals surface area contributed by atoms with Crippen molar-refractivity contribution in [2.45, 2.75) is 147 Å². The van der Waals surface area contributed by atoms with Gasteiger partial charge >= 0.3 is 16.4 Å². The Bertz CT molecular complexity index is 1290. The van der Waals surface area contributed by atoms with Gasteiger partial charge in [0.05, 0.1) is 17.8 Å². The molecule has 1 saturated heterocycles. The number of aliphatic carboxylic acids is 1. The fraction of sp³-hybridized carbons (Fsp3) is 0.939. The molecule has 0 bridgehead atoms. The van der Waals surface area contributed by atoms with Crippen molar-refractivity contribution >= 4 is 22.2 Å². The first kappa shape index (κ1) is 37.0. The zero-order chi connectivity index (χ0) is 34.9. The molecule has 5 aliphatic rings. The van der Waals surface area contributed by atoms with Crippen molar-refractivity contribution in [2.24, 2.45) is 46.3 Å².